The molecule has 0 saturated heterocycles. The molecule has 1 aromatic heterocycles. The lowest BCUT2D eigenvalue weighted by molar-refractivity contribution is -0.137. The van der Waals surface area contributed by atoms with Crippen molar-refractivity contribution in [1.29, 1.82) is 0 Å². The van der Waals surface area contributed by atoms with Crippen molar-refractivity contribution < 1.29 is 9.90 Å². The van der Waals surface area contributed by atoms with Gasteiger partial charge in [-0.25, -0.2) is 9.67 Å². The fourth-order valence-corrected chi connectivity index (χ4v) is 2.05. The number of aliphatic carboxylic acids is 1. The number of nitrogens with zero attached hydrogens (tertiary/aromatic N) is 3. The molecule has 0 atom stereocenters. The molecule has 0 aliphatic heterocycles. The number of aromatic nitrogens is 3. The van der Waals surface area contributed by atoms with Crippen molar-refractivity contribution in [2.45, 2.75) is 39.5 Å². The van der Waals surface area contributed by atoms with Gasteiger partial charge in [-0.1, -0.05) is 26.0 Å². The van der Waals surface area contributed by atoms with Crippen LogP contribution >= 0.6 is 0 Å². The van der Waals surface area contributed by atoms with Crippen molar-refractivity contribution in [1.82, 2.24) is 14.8 Å². The third-order valence-electron chi connectivity index (χ3n) is 3.15. The summed E-state index contributed by atoms with van der Waals surface area (Å²) in [5, 5.41) is 13.1. The maximum absolute atomic E-state index is 10.7. The van der Waals surface area contributed by atoms with E-state index in [1.165, 1.54) is 5.56 Å². The molecule has 1 N–H and O–H groups in total. The first kappa shape index (κ1) is 14.2. The molecule has 0 bridgehead atoms. The van der Waals surface area contributed by atoms with Crippen LogP contribution < -0.4 is 0 Å². The number of rotatable bonds is 5. The Bertz CT molecular complexity index is 600. The Morgan fingerprint density at radius 2 is 1.95 bits per heavy atom. The number of carboxylic acids is 1. The zero-order valence-corrected chi connectivity index (χ0v) is 12.0. The minimum Gasteiger partial charge on any atom is -0.481 e. The molecule has 0 radical (unpaired) electrons. The van der Waals surface area contributed by atoms with Gasteiger partial charge in [-0.15, -0.1) is 0 Å². The fourth-order valence-electron chi connectivity index (χ4n) is 2.05. The Morgan fingerprint density at radius 3 is 2.50 bits per heavy atom. The molecule has 2 rings (SSSR count). The minimum atomic E-state index is -0.827. The molecule has 0 unspecified atom stereocenters. The number of carbonyl (C=O) groups is 1. The largest absolute Gasteiger partial charge is 0.481 e. The summed E-state index contributed by atoms with van der Waals surface area (Å²) < 4.78 is 1.72. The Hall–Kier alpha value is -2.17. The molecule has 106 valence electrons. The third kappa shape index (κ3) is 3.23. The Balaban J connectivity index is 2.29. The first-order chi connectivity index (χ1) is 9.47. The molecule has 0 amide bonds. The molecule has 0 aliphatic rings. The first-order valence-corrected chi connectivity index (χ1v) is 6.72. The van der Waals surface area contributed by atoms with Gasteiger partial charge in [0.2, 0.25) is 0 Å². The summed E-state index contributed by atoms with van der Waals surface area (Å²) in [6, 6.07) is 8.12. The van der Waals surface area contributed by atoms with Crippen LogP contribution in [0.4, 0.5) is 0 Å². The van der Waals surface area contributed by atoms with Crippen molar-refractivity contribution in [3.63, 3.8) is 0 Å². The smallest absolute Gasteiger partial charge is 0.303 e. The maximum Gasteiger partial charge on any atom is 0.303 e. The maximum atomic E-state index is 10.7. The number of benzene rings is 1. The van der Waals surface area contributed by atoms with Crippen LogP contribution in [0, 0.1) is 6.92 Å². The molecular weight excluding hydrogens is 254 g/mol. The Kier molecular flexibility index (Phi) is 4.17. The van der Waals surface area contributed by atoms with E-state index in [1.54, 1.807) is 4.68 Å². The predicted octanol–water partition coefficient (Wildman–Crippen LogP) is 2.72. The second-order valence-electron chi connectivity index (χ2n) is 5.13. The van der Waals surface area contributed by atoms with E-state index in [0.29, 0.717) is 24.0 Å². The normalized spacial score (nSPS) is 11.0. The highest BCUT2D eigenvalue weighted by atomic mass is 16.4. The van der Waals surface area contributed by atoms with Gasteiger partial charge in [0, 0.05) is 6.42 Å². The highest BCUT2D eigenvalue weighted by molar-refractivity contribution is 5.66. The fraction of sp³-hybridized carbons (Fsp3) is 0.400. The number of carboxylic acid groups (broad SMARTS) is 1. The second-order valence-corrected chi connectivity index (χ2v) is 5.13. The van der Waals surface area contributed by atoms with Crippen LogP contribution in [0.5, 0.6) is 0 Å². The molecule has 2 aromatic rings. The monoisotopic (exact) mass is 273 g/mol. The highest BCUT2D eigenvalue weighted by Crippen LogP contribution is 2.17. The van der Waals surface area contributed by atoms with Crippen LogP contribution in [-0.4, -0.2) is 25.8 Å². The number of aryl methyl sites for hydroxylation is 2. The highest BCUT2D eigenvalue weighted by Gasteiger charge is 2.11. The summed E-state index contributed by atoms with van der Waals surface area (Å²) in [4.78, 5) is 15.0. The van der Waals surface area contributed by atoms with E-state index in [2.05, 4.69) is 36.1 Å². The van der Waals surface area contributed by atoms with Gasteiger partial charge in [0.1, 0.15) is 11.6 Å². The predicted molar refractivity (Wildman–Crippen MR) is 76.1 cm³/mol. The van der Waals surface area contributed by atoms with Gasteiger partial charge in [0.15, 0.2) is 0 Å². The lowest BCUT2D eigenvalue weighted by Gasteiger charge is -2.08. The van der Waals surface area contributed by atoms with Crippen molar-refractivity contribution >= 4 is 5.97 Å². The summed E-state index contributed by atoms with van der Waals surface area (Å²) in [5.74, 6) is 0.987. The summed E-state index contributed by atoms with van der Waals surface area (Å²) >= 11 is 0. The van der Waals surface area contributed by atoms with E-state index in [-0.39, 0.29) is 6.42 Å². The quantitative estimate of drug-likeness (QED) is 0.909. The molecule has 20 heavy (non-hydrogen) atoms. The summed E-state index contributed by atoms with van der Waals surface area (Å²) in [6.07, 6.45) is 0.435. The van der Waals surface area contributed by atoms with Crippen LogP contribution in [0.1, 0.15) is 43.4 Å². The lowest BCUT2D eigenvalue weighted by Crippen LogP contribution is -2.06. The van der Waals surface area contributed by atoms with Gasteiger partial charge < -0.3 is 5.11 Å². The van der Waals surface area contributed by atoms with E-state index in [9.17, 15) is 4.79 Å². The van der Waals surface area contributed by atoms with Crippen LogP contribution in [0.3, 0.4) is 0 Å². The zero-order chi connectivity index (χ0) is 14.7. The number of hydrogen-bond donors (Lipinski definition) is 1. The third-order valence-corrected chi connectivity index (χ3v) is 3.15. The standard InChI is InChI=1S/C15H19N3O2/c1-10(2)12-4-6-13(7-5-12)18-14(8-9-15(19)20)16-11(3)17-18/h4-7,10H,8-9H2,1-3H3,(H,19,20). The lowest BCUT2D eigenvalue weighted by atomic mass is 10.0. The average molecular weight is 273 g/mol. The van der Waals surface area contributed by atoms with Crippen LogP contribution in [0.2, 0.25) is 0 Å². The molecule has 0 spiro atoms. The van der Waals surface area contributed by atoms with E-state index in [0.717, 1.165) is 5.69 Å². The molecule has 5 heteroatoms. The van der Waals surface area contributed by atoms with Crippen LogP contribution in [0.15, 0.2) is 24.3 Å². The van der Waals surface area contributed by atoms with Gasteiger partial charge in [-0.05, 0) is 30.5 Å². The summed E-state index contributed by atoms with van der Waals surface area (Å²) in [5.41, 5.74) is 2.17. The summed E-state index contributed by atoms with van der Waals surface area (Å²) in [6.45, 7) is 6.10. The SMILES string of the molecule is Cc1nc(CCC(=O)O)n(-c2ccc(C(C)C)cc2)n1. The van der Waals surface area contributed by atoms with E-state index >= 15 is 0 Å². The van der Waals surface area contributed by atoms with Gasteiger partial charge in [-0.2, -0.15) is 5.10 Å². The zero-order valence-electron chi connectivity index (χ0n) is 12.0. The van der Waals surface area contributed by atoms with Crippen molar-refractivity contribution in [2.75, 3.05) is 0 Å². The molecule has 0 saturated carbocycles. The van der Waals surface area contributed by atoms with Gasteiger partial charge >= 0.3 is 5.97 Å². The number of hydrogen-bond acceptors (Lipinski definition) is 3. The van der Waals surface area contributed by atoms with E-state index in [4.69, 9.17) is 5.11 Å². The van der Waals surface area contributed by atoms with E-state index < -0.39 is 5.97 Å². The second kappa shape index (κ2) is 5.86. The van der Waals surface area contributed by atoms with Crippen molar-refractivity contribution in [2.24, 2.45) is 0 Å². The van der Waals surface area contributed by atoms with Gasteiger partial charge in [0.25, 0.3) is 0 Å². The van der Waals surface area contributed by atoms with E-state index in [1.807, 2.05) is 19.1 Å². The summed E-state index contributed by atoms with van der Waals surface area (Å²) in [7, 11) is 0. The van der Waals surface area contributed by atoms with Gasteiger partial charge in [0.05, 0.1) is 12.1 Å². The molecule has 0 aliphatic carbocycles. The van der Waals surface area contributed by atoms with Crippen LogP contribution in [0.25, 0.3) is 5.69 Å². The Morgan fingerprint density at radius 1 is 1.30 bits per heavy atom. The van der Waals surface area contributed by atoms with Crippen molar-refractivity contribution in [3.8, 4) is 5.69 Å². The molecule has 5 nitrogen and oxygen atoms in total. The first-order valence-electron chi connectivity index (χ1n) is 6.72. The topological polar surface area (TPSA) is 68.0 Å². The Labute approximate surface area is 118 Å². The molecule has 0 fully saturated rings. The van der Waals surface area contributed by atoms with Gasteiger partial charge in [-0.3, -0.25) is 4.79 Å². The van der Waals surface area contributed by atoms with Crippen LogP contribution in [-0.2, 0) is 11.2 Å². The molecule has 1 aromatic carbocycles. The van der Waals surface area contributed by atoms with Crippen molar-refractivity contribution in [3.05, 3.63) is 41.5 Å². The molecule has 1 heterocycles. The molecular formula is C15H19N3O2. The minimum absolute atomic E-state index is 0.0577. The average Bonchev–Trinajstić information content (AvgIpc) is 2.77.